The highest BCUT2D eigenvalue weighted by Gasteiger charge is 2.32. The second-order valence-corrected chi connectivity index (χ2v) is 6.35. The molecule has 1 aliphatic heterocycles. The molecule has 0 aliphatic carbocycles. The van der Waals surface area contributed by atoms with Crippen molar-refractivity contribution in [2.75, 3.05) is 34.4 Å². The van der Waals surface area contributed by atoms with E-state index in [1.807, 2.05) is 55.6 Å². The van der Waals surface area contributed by atoms with E-state index in [1.54, 1.807) is 14.2 Å². The Balaban J connectivity index is 1.73. The standard InChI is InChI=1S/C20H24N2O3/c1-22-12-17(19(13-22)25-3)21-20(23)15-10-8-14(9-11-15)16-6-4-5-7-18(16)24-2/h4-11,17,19H,12-13H2,1-3H3,(H,21,23)/t17-,19-/m0/s1. The molecule has 0 unspecified atom stereocenters. The lowest BCUT2D eigenvalue weighted by molar-refractivity contribution is 0.0766. The fraction of sp³-hybridized carbons (Fsp3) is 0.350. The van der Waals surface area contributed by atoms with Gasteiger partial charge in [-0.1, -0.05) is 30.3 Å². The van der Waals surface area contributed by atoms with Crippen LogP contribution in [0.1, 0.15) is 10.4 Å². The maximum atomic E-state index is 12.5. The van der Waals surface area contributed by atoms with Gasteiger partial charge in [-0.2, -0.15) is 0 Å². The highest BCUT2D eigenvalue weighted by molar-refractivity contribution is 5.95. The van der Waals surface area contributed by atoms with E-state index >= 15 is 0 Å². The summed E-state index contributed by atoms with van der Waals surface area (Å²) in [5.41, 5.74) is 2.67. The third kappa shape index (κ3) is 3.83. The SMILES string of the molecule is COc1ccccc1-c1ccc(C(=O)N[C@H]2CN(C)C[C@@H]2OC)cc1. The zero-order chi connectivity index (χ0) is 17.8. The molecule has 2 atom stereocenters. The fourth-order valence-corrected chi connectivity index (χ4v) is 3.28. The molecule has 5 heteroatoms. The topological polar surface area (TPSA) is 50.8 Å². The summed E-state index contributed by atoms with van der Waals surface area (Å²) < 4.78 is 10.9. The molecule has 2 aromatic carbocycles. The normalized spacial score (nSPS) is 20.4. The first-order chi connectivity index (χ1) is 12.1. The average molecular weight is 340 g/mol. The Kier molecular flexibility index (Phi) is 5.36. The van der Waals surface area contributed by atoms with Crippen molar-refractivity contribution in [3.63, 3.8) is 0 Å². The smallest absolute Gasteiger partial charge is 0.251 e. The number of amides is 1. The first-order valence-corrected chi connectivity index (χ1v) is 8.38. The van der Waals surface area contributed by atoms with Crippen molar-refractivity contribution in [3.05, 3.63) is 54.1 Å². The minimum absolute atomic E-state index is 0.0105. The van der Waals surface area contributed by atoms with Crippen molar-refractivity contribution < 1.29 is 14.3 Å². The van der Waals surface area contributed by atoms with Crippen molar-refractivity contribution in [2.45, 2.75) is 12.1 Å². The highest BCUT2D eigenvalue weighted by atomic mass is 16.5. The molecule has 1 amide bonds. The lowest BCUT2D eigenvalue weighted by atomic mass is 10.0. The molecular weight excluding hydrogens is 316 g/mol. The Morgan fingerprint density at radius 2 is 1.80 bits per heavy atom. The van der Waals surface area contributed by atoms with E-state index in [9.17, 15) is 4.79 Å². The molecule has 1 fully saturated rings. The largest absolute Gasteiger partial charge is 0.496 e. The Morgan fingerprint density at radius 1 is 1.08 bits per heavy atom. The molecule has 1 aliphatic rings. The van der Waals surface area contributed by atoms with Gasteiger partial charge in [0.25, 0.3) is 5.91 Å². The summed E-state index contributed by atoms with van der Waals surface area (Å²) in [4.78, 5) is 14.7. The van der Waals surface area contributed by atoms with Crippen molar-refractivity contribution >= 4 is 5.91 Å². The third-order valence-electron chi connectivity index (χ3n) is 4.63. The van der Waals surface area contributed by atoms with Gasteiger partial charge in [0, 0.05) is 31.3 Å². The van der Waals surface area contributed by atoms with E-state index in [-0.39, 0.29) is 18.1 Å². The second kappa shape index (κ2) is 7.68. The Hall–Kier alpha value is -2.37. The number of carbonyl (C=O) groups is 1. The van der Waals surface area contributed by atoms with E-state index in [2.05, 4.69) is 10.2 Å². The van der Waals surface area contributed by atoms with E-state index in [4.69, 9.17) is 9.47 Å². The summed E-state index contributed by atoms with van der Waals surface area (Å²) in [5.74, 6) is 0.741. The molecule has 3 rings (SSSR count). The predicted molar refractivity (Wildman–Crippen MR) is 98.0 cm³/mol. The maximum absolute atomic E-state index is 12.5. The molecule has 1 heterocycles. The molecule has 0 saturated carbocycles. The van der Waals surface area contributed by atoms with Crippen molar-refractivity contribution in [3.8, 4) is 16.9 Å². The number of nitrogens with one attached hydrogen (secondary N) is 1. The number of hydrogen-bond donors (Lipinski definition) is 1. The van der Waals surface area contributed by atoms with E-state index in [0.717, 1.165) is 30.0 Å². The zero-order valence-electron chi connectivity index (χ0n) is 14.9. The van der Waals surface area contributed by atoms with E-state index < -0.39 is 0 Å². The fourth-order valence-electron chi connectivity index (χ4n) is 3.28. The molecule has 2 aromatic rings. The number of likely N-dealkylation sites (N-methyl/N-ethyl adjacent to an activating group) is 1. The van der Waals surface area contributed by atoms with Crippen LogP contribution in [0.5, 0.6) is 5.75 Å². The third-order valence-corrected chi connectivity index (χ3v) is 4.63. The number of nitrogens with zero attached hydrogens (tertiary/aromatic N) is 1. The summed E-state index contributed by atoms with van der Waals surface area (Å²) >= 11 is 0. The second-order valence-electron chi connectivity index (χ2n) is 6.35. The number of hydrogen-bond acceptors (Lipinski definition) is 4. The van der Waals surface area contributed by atoms with Crippen LogP contribution in [0, 0.1) is 0 Å². The van der Waals surface area contributed by atoms with Gasteiger partial charge < -0.3 is 19.7 Å². The monoisotopic (exact) mass is 340 g/mol. The van der Waals surface area contributed by atoms with Gasteiger partial charge in [0.05, 0.1) is 19.3 Å². The number of likely N-dealkylation sites (tertiary alicyclic amines) is 1. The molecule has 0 aromatic heterocycles. The molecule has 0 bridgehead atoms. The van der Waals surface area contributed by atoms with E-state index in [1.165, 1.54) is 0 Å². The Bertz CT molecular complexity index is 730. The first-order valence-electron chi connectivity index (χ1n) is 8.38. The van der Waals surface area contributed by atoms with E-state index in [0.29, 0.717) is 5.56 Å². The van der Waals surface area contributed by atoms with Crippen LogP contribution in [-0.4, -0.2) is 57.3 Å². The van der Waals surface area contributed by atoms with Crippen LogP contribution in [0.3, 0.4) is 0 Å². The predicted octanol–water partition coefficient (Wildman–Crippen LogP) is 2.42. The van der Waals surface area contributed by atoms with Crippen LogP contribution in [0.4, 0.5) is 0 Å². The van der Waals surface area contributed by atoms with Gasteiger partial charge in [-0.25, -0.2) is 0 Å². The quantitative estimate of drug-likeness (QED) is 0.908. The zero-order valence-corrected chi connectivity index (χ0v) is 14.9. The number of rotatable bonds is 5. The molecule has 0 radical (unpaired) electrons. The maximum Gasteiger partial charge on any atom is 0.251 e. The summed E-state index contributed by atoms with van der Waals surface area (Å²) in [6, 6.07) is 15.4. The minimum atomic E-state index is -0.0751. The van der Waals surface area contributed by atoms with Gasteiger partial charge >= 0.3 is 0 Å². The first kappa shape index (κ1) is 17.5. The molecule has 0 spiro atoms. The van der Waals surface area contributed by atoms with Crippen molar-refractivity contribution in [2.24, 2.45) is 0 Å². The van der Waals surface area contributed by atoms with Gasteiger partial charge in [-0.05, 0) is 30.8 Å². The number of carbonyl (C=O) groups excluding carboxylic acids is 1. The number of ether oxygens (including phenoxy) is 2. The Morgan fingerprint density at radius 3 is 2.48 bits per heavy atom. The molecule has 1 N–H and O–H groups in total. The van der Waals surface area contributed by atoms with Crippen LogP contribution in [0.15, 0.2) is 48.5 Å². The summed E-state index contributed by atoms with van der Waals surface area (Å²) in [5, 5.41) is 3.08. The molecule has 25 heavy (non-hydrogen) atoms. The van der Waals surface area contributed by atoms with Crippen LogP contribution in [0.25, 0.3) is 11.1 Å². The lowest BCUT2D eigenvalue weighted by Gasteiger charge is -2.18. The molecular formula is C20H24N2O3. The van der Waals surface area contributed by atoms with Crippen molar-refractivity contribution in [1.29, 1.82) is 0 Å². The van der Waals surface area contributed by atoms with Crippen LogP contribution >= 0.6 is 0 Å². The van der Waals surface area contributed by atoms with Crippen LogP contribution in [-0.2, 0) is 4.74 Å². The van der Waals surface area contributed by atoms with Crippen molar-refractivity contribution in [1.82, 2.24) is 10.2 Å². The van der Waals surface area contributed by atoms with Gasteiger partial charge in [-0.15, -0.1) is 0 Å². The summed E-state index contributed by atoms with van der Waals surface area (Å²) in [6.45, 7) is 1.62. The van der Waals surface area contributed by atoms with Gasteiger partial charge in [0.1, 0.15) is 5.75 Å². The molecule has 5 nitrogen and oxygen atoms in total. The Labute approximate surface area is 148 Å². The number of methoxy groups -OCH3 is 2. The number of para-hydroxylation sites is 1. The summed E-state index contributed by atoms with van der Waals surface area (Å²) in [7, 11) is 5.37. The van der Waals surface area contributed by atoms with Gasteiger partial charge in [-0.3, -0.25) is 4.79 Å². The molecule has 1 saturated heterocycles. The highest BCUT2D eigenvalue weighted by Crippen LogP contribution is 2.29. The van der Waals surface area contributed by atoms with Crippen LogP contribution in [0.2, 0.25) is 0 Å². The minimum Gasteiger partial charge on any atom is -0.496 e. The van der Waals surface area contributed by atoms with Crippen LogP contribution < -0.4 is 10.1 Å². The summed E-state index contributed by atoms with van der Waals surface area (Å²) in [6.07, 6.45) is 0.0294. The van der Waals surface area contributed by atoms with Gasteiger partial charge in [0.2, 0.25) is 0 Å². The number of benzene rings is 2. The molecule has 132 valence electrons. The van der Waals surface area contributed by atoms with Gasteiger partial charge in [0.15, 0.2) is 0 Å². The lowest BCUT2D eigenvalue weighted by Crippen LogP contribution is -2.43. The average Bonchev–Trinajstić information content (AvgIpc) is 3.01.